The van der Waals surface area contributed by atoms with E-state index in [9.17, 15) is 9.18 Å². The summed E-state index contributed by atoms with van der Waals surface area (Å²) in [5.41, 5.74) is 7.77. The fourth-order valence-electron chi connectivity index (χ4n) is 5.25. The highest BCUT2D eigenvalue weighted by molar-refractivity contribution is 5.79. The van der Waals surface area contributed by atoms with Crippen molar-refractivity contribution in [2.45, 2.75) is 45.1 Å². The number of nitrogens with one attached hydrogen (secondary N) is 3. The summed E-state index contributed by atoms with van der Waals surface area (Å²) in [7, 11) is 0. The number of aromatic nitrogens is 2. The molecule has 33 heavy (non-hydrogen) atoms. The molecule has 0 spiro atoms. The molecule has 4 unspecified atom stereocenters. The van der Waals surface area contributed by atoms with Crippen LogP contribution < -0.4 is 21.7 Å². The number of carbonyl (C=O) groups excluding carboxylic acids is 1. The molecular weight excluding hydrogens is 419 g/mol. The van der Waals surface area contributed by atoms with Crippen LogP contribution in [-0.2, 0) is 4.79 Å². The first-order valence-corrected chi connectivity index (χ1v) is 11.9. The fourth-order valence-corrected chi connectivity index (χ4v) is 5.25. The maximum atomic E-state index is 14.5. The van der Waals surface area contributed by atoms with Gasteiger partial charge in [-0.1, -0.05) is 38.1 Å². The second kappa shape index (κ2) is 10.3. The van der Waals surface area contributed by atoms with E-state index in [1.54, 1.807) is 0 Å². The van der Waals surface area contributed by atoms with Crippen molar-refractivity contribution in [3.05, 3.63) is 54.0 Å². The molecule has 8 heteroatoms. The standard InChI is InChI=1S/C23H27FN6O.C2H6/c24-18-12-27-23(28-17-3-1-2-14(11-17)13-6-8-26-9-7-13)30-22(18)29-20-16-5-4-15(10-16)19(20)21(25)31;1-2/h1-5,11-13,15-16,19-20,26H,6-10H2,(H2,25,31)(H2,27,28,29,30);1-2H3. The number of nitrogens with zero attached hydrogens (tertiary/aromatic N) is 2. The highest BCUT2D eigenvalue weighted by atomic mass is 19.1. The van der Waals surface area contributed by atoms with Crippen LogP contribution in [0, 0.1) is 23.6 Å². The summed E-state index contributed by atoms with van der Waals surface area (Å²) >= 11 is 0. The van der Waals surface area contributed by atoms with Crippen LogP contribution in [0.5, 0.6) is 0 Å². The predicted molar refractivity (Wildman–Crippen MR) is 129 cm³/mol. The molecule has 1 amide bonds. The van der Waals surface area contributed by atoms with Gasteiger partial charge in [0.2, 0.25) is 11.9 Å². The quantitative estimate of drug-likeness (QED) is 0.495. The smallest absolute Gasteiger partial charge is 0.229 e. The first-order valence-electron chi connectivity index (χ1n) is 11.9. The van der Waals surface area contributed by atoms with Gasteiger partial charge >= 0.3 is 0 Å². The van der Waals surface area contributed by atoms with Gasteiger partial charge in [0, 0.05) is 11.7 Å². The van der Waals surface area contributed by atoms with E-state index >= 15 is 0 Å². The lowest BCUT2D eigenvalue weighted by molar-refractivity contribution is -0.122. The van der Waals surface area contributed by atoms with Crippen molar-refractivity contribution in [3.63, 3.8) is 0 Å². The zero-order valence-electron chi connectivity index (χ0n) is 19.2. The number of carbonyl (C=O) groups is 1. The van der Waals surface area contributed by atoms with Crippen molar-refractivity contribution in [3.8, 4) is 0 Å². The number of hydrogen-bond acceptors (Lipinski definition) is 6. The lowest BCUT2D eigenvalue weighted by Crippen LogP contribution is -2.41. The van der Waals surface area contributed by atoms with Gasteiger partial charge in [0.25, 0.3) is 0 Å². The molecule has 1 aliphatic heterocycles. The molecule has 7 nitrogen and oxygen atoms in total. The Balaban J connectivity index is 0.00000126. The molecule has 2 bridgehead atoms. The molecule has 2 aliphatic carbocycles. The zero-order chi connectivity index (χ0) is 23.4. The molecule has 1 saturated heterocycles. The Labute approximate surface area is 194 Å². The molecule has 1 aromatic heterocycles. The Morgan fingerprint density at radius 3 is 2.70 bits per heavy atom. The maximum Gasteiger partial charge on any atom is 0.229 e. The minimum Gasteiger partial charge on any atom is -0.369 e. The molecule has 2 heterocycles. The number of piperidine rings is 1. The monoisotopic (exact) mass is 452 g/mol. The van der Waals surface area contributed by atoms with Gasteiger partial charge in [0.15, 0.2) is 11.6 Å². The third-order valence-corrected chi connectivity index (χ3v) is 6.79. The zero-order valence-corrected chi connectivity index (χ0v) is 19.2. The summed E-state index contributed by atoms with van der Waals surface area (Å²) in [6.07, 6.45) is 8.35. The van der Waals surface area contributed by atoms with E-state index in [-0.39, 0.29) is 35.5 Å². The molecule has 3 aliphatic rings. The fraction of sp³-hybridized carbons (Fsp3) is 0.480. The lowest BCUT2D eigenvalue weighted by atomic mass is 9.88. The van der Waals surface area contributed by atoms with Crippen molar-refractivity contribution in [1.82, 2.24) is 15.3 Å². The van der Waals surface area contributed by atoms with E-state index in [1.807, 2.05) is 32.1 Å². The number of fused-ring (bicyclic) bond motifs is 2. The van der Waals surface area contributed by atoms with Gasteiger partial charge in [-0.15, -0.1) is 0 Å². The summed E-state index contributed by atoms with van der Waals surface area (Å²) in [4.78, 5) is 20.4. The van der Waals surface area contributed by atoms with E-state index in [0.29, 0.717) is 11.9 Å². The summed E-state index contributed by atoms with van der Waals surface area (Å²) in [6, 6.07) is 7.97. The third-order valence-electron chi connectivity index (χ3n) is 6.79. The van der Waals surface area contributed by atoms with Crippen molar-refractivity contribution < 1.29 is 9.18 Å². The Kier molecular flexibility index (Phi) is 7.23. The summed E-state index contributed by atoms with van der Waals surface area (Å²) in [6.45, 7) is 6.06. The topological polar surface area (TPSA) is 105 Å². The van der Waals surface area contributed by atoms with Gasteiger partial charge in [-0.2, -0.15) is 4.98 Å². The minimum absolute atomic E-state index is 0.0872. The molecule has 5 rings (SSSR count). The van der Waals surface area contributed by atoms with Crippen LogP contribution in [0.1, 0.15) is 44.6 Å². The van der Waals surface area contributed by atoms with Crippen molar-refractivity contribution in [2.24, 2.45) is 23.5 Å². The first-order chi connectivity index (χ1) is 16.1. The number of halogens is 1. The highest BCUT2D eigenvalue weighted by Crippen LogP contribution is 2.45. The summed E-state index contributed by atoms with van der Waals surface area (Å²) in [5, 5.41) is 9.72. The molecule has 176 valence electrons. The van der Waals surface area contributed by atoms with Gasteiger partial charge in [0.1, 0.15) is 0 Å². The van der Waals surface area contributed by atoms with Gasteiger partial charge in [-0.3, -0.25) is 4.79 Å². The van der Waals surface area contributed by atoms with Crippen LogP contribution in [0.15, 0.2) is 42.6 Å². The highest BCUT2D eigenvalue weighted by Gasteiger charge is 2.47. The van der Waals surface area contributed by atoms with Crippen LogP contribution in [0.25, 0.3) is 0 Å². The van der Waals surface area contributed by atoms with E-state index in [4.69, 9.17) is 5.73 Å². The van der Waals surface area contributed by atoms with Crippen molar-refractivity contribution in [1.29, 1.82) is 0 Å². The van der Waals surface area contributed by atoms with Gasteiger partial charge < -0.3 is 21.7 Å². The third kappa shape index (κ3) is 5.00. The van der Waals surface area contributed by atoms with E-state index in [1.165, 1.54) is 5.56 Å². The van der Waals surface area contributed by atoms with E-state index in [2.05, 4.69) is 44.1 Å². The minimum atomic E-state index is -0.552. The Morgan fingerprint density at radius 2 is 1.94 bits per heavy atom. The van der Waals surface area contributed by atoms with Crippen LogP contribution in [0.4, 0.5) is 21.8 Å². The number of rotatable bonds is 6. The molecule has 2 aromatic rings. The second-order valence-corrected chi connectivity index (χ2v) is 8.71. The van der Waals surface area contributed by atoms with E-state index in [0.717, 1.165) is 44.2 Å². The van der Waals surface area contributed by atoms with Crippen LogP contribution in [0.3, 0.4) is 0 Å². The second-order valence-electron chi connectivity index (χ2n) is 8.71. The Morgan fingerprint density at radius 1 is 1.18 bits per heavy atom. The summed E-state index contributed by atoms with van der Waals surface area (Å²) < 4.78 is 14.5. The maximum absolute atomic E-state index is 14.5. The SMILES string of the molecule is CC.NC(=O)C1C2C=CC(C2)C1Nc1nc(Nc2cccc(C3CCNCC3)c2)ncc1F. The number of amides is 1. The average Bonchev–Trinajstić information content (AvgIpc) is 3.45. The lowest BCUT2D eigenvalue weighted by Gasteiger charge is -2.27. The van der Waals surface area contributed by atoms with E-state index < -0.39 is 5.82 Å². The van der Waals surface area contributed by atoms with Crippen LogP contribution in [0.2, 0.25) is 0 Å². The van der Waals surface area contributed by atoms with Gasteiger partial charge in [-0.25, -0.2) is 9.37 Å². The number of anilines is 3. The number of allylic oxidation sites excluding steroid dienone is 1. The average molecular weight is 453 g/mol. The predicted octanol–water partition coefficient (Wildman–Crippen LogP) is 3.94. The normalized spacial score (nSPS) is 25.9. The first kappa shape index (κ1) is 23.2. The molecule has 1 saturated carbocycles. The van der Waals surface area contributed by atoms with Crippen LogP contribution in [-0.4, -0.2) is 35.0 Å². The van der Waals surface area contributed by atoms with Gasteiger partial charge in [0.05, 0.1) is 12.1 Å². The van der Waals surface area contributed by atoms with Crippen molar-refractivity contribution >= 4 is 23.4 Å². The molecule has 5 N–H and O–H groups in total. The van der Waals surface area contributed by atoms with Gasteiger partial charge in [-0.05, 0) is 67.8 Å². The largest absolute Gasteiger partial charge is 0.369 e. The molecule has 0 radical (unpaired) electrons. The number of benzene rings is 1. The Bertz CT molecular complexity index is 1010. The number of nitrogens with two attached hydrogens (primary N) is 1. The number of primary amides is 1. The Hall–Kier alpha value is -3.00. The van der Waals surface area contributed by atoms with Crippen LogP contribution >= 0.6 is 0 Å². The molecule has 2 fully saturated rings. The summed E-state index contributed by atoms with van der Waals surface area (Å²) in [5.74, 6) is -0.0886. The van der Waals surface area contributed by atoms with Crippen molar-refractivity contribution in [2.75, 3.05) is 23.7 Å². The molecular formula is C25H33FN6O. The molecule has 4 atom stereocenters. The molecule has 1 aromatic carbocycles. The number of hydrogen-bond donors (Lipinski definition) is 4.